The van der Waals surface area contributed by atoms with Gasteiger partial charge in [-0.3, -0.25) is 0 Å². The van der Waals surface area contributed by atoms with Crippen molar-refractivity contribution in [1.29, 1.82) is 5.26 Å². The maximum absolute atomic E-state index is 13.1. The molecule has 0 aliphatic carbocycles. The number of rotatable bonds is 2. The number of nitrogens with zero attached hydrogens (tertiary/aromatic N) is 1. The predicted molar refractivity (Wildman–Crippen MR) is 49.3 cm³/mol. The van der Waals surface area contributed by atoms with Crippen molar-refractivity contribution < 1.29 is 9.50 Å². The standard InChI is InChI=1S/C9H7BrFNO/c10-6-1-2-8(11)7(5-6)9(13)3-4-12/h1-2,5,9,13H,3H2. The first-order valence-electron chi connectivity index (χ1n) is 3.65. The van der Waals surface area contributed by atoms with E-state index in [9.17, 15) is 9.50 Å². The number of aliphatic hydroxyl groups excluding tert-OH is 1. The van der Waals surface area contributed by atoms with E-state index in [-0.39, 0.29) is 12.0 Å². The Morgan fingerprint density at radius 1 is 1.62 bits per heavy atom. The van der Waals surface area contributed by atoms with E-state index in [1.165, 1.54) is 18.2 Å². The van der Waals surface area contributed by atoms with E-state index in [2.05, 4.69) is 15.9 Å². The summed E-state index contributed by atoms with van der Waals surface area (Å²) < 4.78 is 13.7. The number of aliphatic hydroxyl groups is 1. The Labute approximate surface area is 83.7 Å². The highest BCUT2D eigenvalue weighted by molar-refractivity contribution is 9.10. The van der Waals surface area contributed by atoms with Crippen molar-refractivity contribution in [3.05, 3.63) is 34.1 Å². The summed E-state index contributed by atoms with van der Waals surface area (Å²) in [5, 5.41) is 17.7. The molecule has 0 spiro atoms. The molecular formula is C9H7BrFNO. The number of benzene rings is 1. The van der Waals surface area contributed by atoms with Gasteiger partial charge in [-0.25, -0.2) is 4.39 Å². The average molecular weight is 244 g/mol. The molecule has 1 aromatic carbocycles. The van der Waals surface area contributed by atoms with Gasteiger partial charge in [-0.2, -0.15) is 5.26 Å². The van der Waals surface area contributed by atoms with Crippen molar-refractivity contribution in [2.45, 2.75) is 12.5 Å². The van der Waals surface area contributed by atoms with Crippen molar-refractivity contribution >= 4 is 15.9 Å². The van der Waals surface area contributed by atoms with Crippen LogP contribution in [0, 0.1) is 17.1 Å². The Morgan fingerprint density at radius 2 is 2.31 bits per heavy atom. The van der Waals surface area contributed by atoms with Crippen molar-refractivity contribution in [2.24, 2.45) is 0 Å². The van der Waals surface area contributed by atoms with Gasteiger partial charge >= 0.3 is 0 Å². The lowest BCUT2D eigenvalue weighted by atomic mass is 10.1. The highest BCUT2D eigenvalue weighted by atomic mass is 79.9. The molecule has 2 nitrogen and oxygen atoms in total. The summed E-state index contributed by atoms with van der Waals surface area (Å²) in [6, 6.07) is 6.04. The molecule has 0 saturated heterocycles. The summed E-state index contributed by atoms with van der Waals surface area (Å²) in [6.45, 7) is 0. The van der Waals surface area contributed by atoms with Crippen LogP contribution in [0.2, 0.25) is 0 Å². The van der Waals surface area contributed by atoms with Crippen LogP contribution in [0.3, 0.4) is 0 Å². The number of halogens is 2. The van der Waals surface area contributed by atoms with Gasteiger partial charge in [-0.05, 0) is 18.2 Å². The second kappa shape index (κ2) is 4.35. The molecule has 0 aromatic heterocycles. The van der Waals surface area contributed by atoms with Gasteiger partial charge < -0.3 is 5.11 Å². The molecule has 0 heterocycles. The van der Waals surface area contributed by atoms with Crippen LogP contribution in [-0.4, -0.2) is 5.11 Å². The predicted octanol–water partition coefficient (Wildman–Crippen LogP) is 2.54. The molecule has 1 atom stereocenters. The Kier molecular flexibility index (Phi) is 3.40. The summed E-state index contributed by atoms with van der Waals surface area (Å²) in [6.07, 6.45) is -1.16. The first-order chi connectivity index (χ1) is 6.15. The van der Waals surface area contributed by atoms with Gasteiger partial charge in [0.1, 0.15) is 5.82 Å². The molecule has 1 N–H and O–H groups in total. The fraction of sp³-hybridized carbons (Fsp3) is 0.222. The monoisotopic (exact) mass is 243 g/mol. The van der Waals surface area contributed by atoms with E-state index >= 15 is 0 Å². The van der Waals surface area contributed by atoms with Crippen LogP contribution in [0.15, 0.2) is 22.7 Å². The van der Waals surface area contributed by atoms with E-state index in [4.69, 9.17) is 5.26 Å². The Morgan fingerprint density at radius 3 is 2.92 bits per heavy atom. The fourth-order valence-corrected chi connectivity index (χ4v) is 1.35. The minimum Gasteiger partial charge on any atom is -0.387 e. The zero-order valence-corrected chi connectivity index (χ0v) is 8.25. The van der Waals surface area contributed by atoms with E-state index in [1.807, 2.05) is 0 Å². The summed E-state index contributed by atoms with van der Waals surface area (Å²) in [4.78, 5) is 0. The van der Waals surface area contributed by atoms with E-state index < -0.39 is 11.9 Å². The van der Waals surface area contributed by atoms with Crippen LogP contribution in [0.25, 0.3) is 0 Å². The number of nitriles is 1. The molecule has 0 fully saturated rings. The summed E-state index contributed by atoms with van der Waals surface area (Å²) in [5.41, 5.74) is 0.149. The quantitative estimate of drug-likeness (QED) is 0.868. The molecule has 0 amide bonds. The number of hydrogen-bond acceptors (Lipinski definition) is 2. The third kappa shape index (κ3) is 2.51. The normalized spacial score (nSPS) is 12.2. The van der Waals surface area contributed by atoms with Gasteiger partial charge in [0.15, 0.2) is 0 Å². The maximum atomic E-state index is 13.1. The van der Waals surface area contributed by atoms with Crippen LogP contribution in [0.1, 0.15) is 18.1 Å². The average Bonchev–Trinajstić information content (AvgIpc) is 2.09. The molecule has 68 valence electrons. The van der Waals surface area contributed by atoms with Crippen LogP contribution in [0.4, 0.5) is 4.39 Å². The summed E-state index contributed by atoms with van der Waals surface area (Å²) in [5.74, 6) is -0.494. The molecule has 0 aliphatic heterocycles. The van der Waals surface area contributed by atoms with Crippen LogP contribution in [0.5, 0.6) is 0 Å². The molecule has 0 saturated carbocycles. The fourth-order valence-electron chi connectivity index (χ4n) is 0.966. The molecule has 0 aliphatic rings. The molecule has 13 heavy (non-hydrogen) atoms. The summed E-state index contributed by atoms with van der Waals surface area (Å²) in [7, 11) is 0. The molecular weight excluding hydrogens is 237 g/mol. The lowest BCUT2D eigenvalue weighted by Crippen LogP contribution is -1.99. The van der Waals surface area contributed by atoms with Crippen molar-refractivity contribution in [3.8, 4) is 6.07 Å². The lowest BCUT2D eigenvalue weighted by Gasteiger charge is -2.07. The zero-order valence-electron chi connectivity index (χ0n) is 6.67. The zero-order chi connectivity index (χ0) is 9.84. The van der Waals surface area contributed by atoms with Crippen LogP contribution in [-0.2, 0) is 0 Å². The van der Waals surface area contributed by atoms with E-state index in [1.54, 1.807) is 6.07 Å². The van der Waals surface area contributed by atoms with E-state index in [0.29, 0.717) is 4.47 Å². The van der Waals surface area contributed by atoms with Crippen LogP contribution < -0.4 is 0 Å². The lowest BCUT2D eigenvalue weighted by molar-refractivity contribution is 0.178. The second-order valence-electron chi connectivity index (χ2n) is 2.54. The van der Waals surface area contributed by atoms with Gasteiger partial charge in [0, 0.05) is 10.0 Å². The van der Waals surface area contributed by atoms with Gasteiger partial charge in [-0.1, -0.05) is 15.9 Å². The molecule has 1 aromatic rings. The Balaban J connectivity index is 3.00. The third-order valence-corrected chi connectivity index (χ3v) is 2.09. The Hall–Kier alpha value is -0.920. The minimum atomic E-state index is -1.05. The smallest absolute Gasteiger partial charge is 0.129 e. The molecule has 0 bridgehead atoms. The highest BCUT2D eigenvalue weighted by Crippen LogP contribution is 2.23. The van der Waals surface area contributed by atoms with Crippen molar-refractivity contribution in [3.63, 3.8) is 0 Å². The molecule has 4 heteroatoms. The minimum absolute atomic E-state index is 0.104. The first kappa shape index (κ1) is 10.2. The molecule has 1 rings (SSSR count). The van der Waals surface area contributed by atoms with Gasteiger partial charge in [-0.15, -0.1) is 0 Å². The largest absolute Gasteiger partial charge is 0.387 e. The SMILES string of the molecule is N#CCC(O)c1cc(Br)ccc1F. The third-order valence-electron chi connectivity index (χ3n) is 1.60. The maximum Gasteiger partial charge on any atom is 0.129 e. The number of hydrogen-bond donors (Lipinski definition) is 1. The Bertz CT molecular complexity index is 348. The molecule has 0 radical (unpaired) electrons. The van der Waals surface area contributed by atoms with Gasteiger partial charge in [0.05, 0.1) is 18.6 Å². The van der Waals surface area contributed by atoms with Gasteiger partial charge in [0.2, 0.25) is 0 Å². The van der Waals surface area contributed by atoms with E-state index in [0.717, 1.165) is 0 Å². The topological polar surface area (TPSA) is 44.0 Å². The van der Waals surface area contributed by atoms with Gasteiger partial charge in [0.25, 0.3) is 0 Å². The summed E-state index contributed by atoms with van der Waals surface area (Å²) >= 11 is 3.16. The highest BCUT2D eigenvalue weighted by Gasteiger charge is 2.12. The first-order valence-corrected chi connectivity index (χ1v) is 4.44. The van der Waals surface area contributed by atoms with Crippen molar-refractivity contribution in [2.75, 3.05) is 0 Å². The second-order valence-corrected chi connectivity index (χ2v) is 3.46. The van der Waals surface area contributed by atoms with Crippen molar-refractivity contribution in [1.82, 2.24) is 0 Å². The van der Waals surface area contributed by atoms with Crippen LogP contribution >= 0.6 is 15.9 Å². The molecule has 1 unspecified atom stereocenters.